The Morgan fingerprint density at radius 2 is 1.76 bits per heavy atom. The highest BCUT2D eigenvalue weighted by Gasteiger charge is 2.45. The van der Waals surface area contributed by atoms with Crippen LogP contribution in [0.1, 0.15) is 52.8 Å². The Balaban J connectivity index is 1.64. The van der Waals surface area contributed by atoms with Crippen LogP contribution in [0, 0.1) is 0 Å². The number of nitrogens with zero attached hydrogens (tertiary/aromatic N) is 1. The zero-order valence-electron chi connectivity index (χ0n) is 15.3. The number of fused-ring (bicyclic) bond motifs is 1. The lowest BCUT2D eigenvalue weighted by atomic mass is 9.95. The summed E-state index contributed by atoms with van der Waals surface area (Å²) in [7, 11) is -3.98. The number of halogens is 2. The first kappa shape index (κ1) is 20.2. The van der Waals surface area contributed by atoms with Crippen LogP contribution in [0.4, 0.5) is 5.69 Å². The van der Waals surface area contributed by atoms with Crippen molar-refractivity contribution in [3.05, 3.63) is 57.6 Å². The number of hydrogen-bond acceptors (Lipinski definition) is 4. The van der Waals surface area contributed by atoms with Crippen LogP contribution in [-0.4, -0.2) is 30.6 Å². The third kappa shape index (κ3) is 3.63. The number of carbonyl (C=O) groups is 2. The molecular formula is C20H18Cl2N2O4S. The Morgan fingerprint density at radius 3 is 2.45 bits per heavy atom. The van der Waals surface area contributed by atoms with Crippen LogP contribution < -0.4 is 5.32 Å². The minimum atomic E-state index is -3.98. The van der Waals surface area contributed by atoms with Crippen LogP contribution in [0.3, 0.4) is 0 Å². The molecular weight excluding hydrogens is 435 g/mol. The van der Waals surface area contributed by atoms with Gasteiger partial charge < -0.3 is 5.32 Å². The fraction of sp³-hybridized carbons (Fsp3) is 0.300. The number of anilines is 1. The van der Waals surface area contributed by atoms with Crippen LogP contribution in [0.25, 0.3) is 0 Å². The van der Waals surface area contributed by atoms with Gasteiger partial charge >= 0.3 is 0 Å². The van der Waals surface area contributed by atoms with Gasteiger partial charge in [-0.05, 0) is 49.2 Å². The average Bonchev–Trinajstić information content (AvgIpc) is 2.90. The van der Waals surface area contributed by atoms with Crippen LogP contribution in [-0.2, 0) is 10.0 Å². The Labute approximate surface area is 178 Å². The topological polar surface area (TPSA) is 83.6 Å². The first-order valence-corrected chi connectivity index (χ1v) is 11.5. The van der Waals surface area contributed by atoms with Crippen molar-refractivity contribution in [3.8, 4) is 0 Å². The summed E-state index contributed by atoms with van der Waals surface area (Å²) in [5.41, 5.74) is 0.581. The second kappa shape index (κ2) is 7.63. The van der Waals surface area contributed by atoms with E-state index in [9.17, 15) is 18.0 Å². The van der Waals surface area contributed by atoms with Gasteiger partial charge in [0.15, 0.2) is 0 Å². The quantitative estimate of drug-likeness (QED) is 0.729. The number of sulfonamides is 1. The third-order valence-corrected chi connectivity index (χ3v) is 7.72. The lowest BCUT2D eigenvalue weighted by Gasteiger charge is -2.29. The minimum absolute atomic E-state index is 0.108. The fourth-order valence-corrected chi connectivity index (χ4v) is 6.15. The van der Waals surface area contributed by atoms with Crippen molar-refractivity contribution in [2.24, 2.45) is 0 Å². The van der Waals surface area contributed by atoms with Crippen molar-refractivity contribution in [2.45, 2.75) is 43.0 Å². The van der Waals surface area contributed by atoms with E-state index in [2.05, 4.69) is 5.32 Å². The van der Waals surface area contributed by atoms with Crippen LogP contribution >= 0.6 is 23.2 Å². The van der Waals surface area contributed by atoms with Gasteiger partial charge in [-0.25, -0.2) is 12.7 Å². The van der Waals surface area contributed by atoms with E-state index in [1.54, 1.807) is 12.1 Å². The molecule has 152 valence electrons. The maximum absolute atomic E-state index is 13.1. The number of rotatable bonds is 3. The highest BCUT2D eigenvalue weighted by atomic mass is 35.5. The van der Waals surface area contributed by atoms with Crippen LogP contribution in [0.5, 0.6) is 0 Å². The molecule has 2 aromatic rings. The third-order valence-electron chi connectivity index (χ3n) is 5.30. The molecule has 0 atom stereocenters. The maximum Gasteiger partial charge on any atom is 0.269 e. The smallest absolute Gasteiger partial charge is 0.269 e. The maximum atomic E-state index is 13.1. The zero-order valence-corrected chi connectivity index (χ0v) is 17.6. The fourth-order valence-electron chi connectivity index (χ4n) is 3.85. The van der Waals surface area contributed by atoms with Crippen molar-refractivity contribution in [2.75, 3.05) is 5.32 Å². The Kier molecular flexibility index (Phi) is 5.31. The Morgan fingerprint density at radius 1 is 1.03 bits per heavy atom. The molecule has 0 spiro atoms. The van der Waals surface area contributed by atoms with E-state index in [4.69, 9.17) is 23.2 Å². The first-order valence-electron chi connectivity index (χ1n) is 9.28. The number of nitrogens with one attached hydrogen (secondary N) is 1. The van der Waals surface area contributed by atoms with E-state index in [1.807, 2.05) is 0 Å². The summed E-state index contributed by atoms with van der Waals surface area (Å²) in [5.74, 6) is -1.05. The molecule has 9 heteroatoms. The van der Waals surface area contributed by atoms with E-state index in [1.165, 1.54) is 24.3 Å². The summed E-state index contributed by atoms with van der Waals surface area (Å²) in [5, 5.41) is 3.33. The summed E-state index contributed by atoms with van der Waals surface area (Å²) in [4.78, 5) is 25.3. The van der Waals surface area contributed by atoms with Crippen molar-refractivity contribution in [3.63, 3.8) is 0 Å². The summed E-state index contributed by atoms with van der Waals surface area (Å²) in [6.45, 7) is 0. The molecule has 6 nitrogen and oxygen atoms in total. The number of carbonyl (C=O) groups excluding carboxylic acids is 2. The number of hydrogen-bond donors (Lipinski definition) is 1. The van der Waals surface area contributed by atoms with Crippen LogP contribution in [0.15, 0.2) is 41.3 Å². The highest BCUT2D eigenvalue weighted by molar-refractivity contribution is 7.90. The number of amides is 2. The minimum Gasteiger partial charge on any atom is -0.321 e. The molecule has 1 heterocycles. The largest absolute Gasteiger partial charge is 0.321 e. The van der Waals surface area contributed by atoms with Gasteiger partial charge in [-0.1, -0.05) is 42.5 Å². The summed E-state index contributed by atoms with van der Waals surface area (Å²) in [6.07, 6.45) is 4.18. The molecule has 0 unspecified atom stereocenters. The normalized spacial score (nSPS) is 18.6. The standard InChI is InChI=1S/C20H18Cl2N2O4S/c21-13-7-9-17(16(22)11-13)23-19(25)12-6-8-15-18(10-12)29(27,28)24(20(15)26)14-4-2-1-3-5-14/h6-11,14H,1-5H2,(H,23,25). The van der Waals surface area contributed by atoms with Crippen molar-refractivity contribution >= 4 is 50.7 Å². The second-order valence-corrected chi connectivity index (χ2v) is 9.81. The molecule has 0 radical (unpaired) electrons. The van der Waals surface area contributed by atoms with Crippen LogP contribution in [0.2, 0.25) is 10.0 Å². The molecule has 1 N–H and O–H groups in total. The SMILES string of the molecule is O=C(Nc1ccc(Cl)cc1Cl)c1ccc2c(c1)S(=O)(=O)N(C1CCCCC1)C2=O. The van der Waals surface area contributed by atoms with Gasteiger partial charge in [0.25, 0.3) is 21.8 Å². The molecule has 4 rings (SSSR count). The zero-order chi connectivity index (χ0) is 20.8. The van der Waals surface area contributed by atoms with E-state index in [-0.39, 0.29) is 27.1 Å². The van der Waals surface area contributed by atoms with Crippen molar-refractivity contribution in [1.82, 2.24) is 4.31 Å². The molecule has 2 amide bonds. The molecule has 1 aliphatic carbocycles. The average molecular weight is 453 g/mol. The lowest BCUT2D eigenvalue weighted by Crippen LogP contribution is -2.40. The van der Waals surface area contributed by atoms with Gasteiger partial charge in [0.2, 0.25) is 0 Å². The summed E-state index contributed by atoms with van der Waals surface area (Å²) < 4.78 is 27.1. The van der Waals surface area contributed by atoms with E-state index < -0.39 is 21.8 Å². The van der Waals surface area contributed by atoms with Gasteiger partial charge in [-0.2, -0.15) is 0 Å². The molecule has 0 aromatic heterocycles. The van der Waals surface area contributed by atoms with E-state index in [0.717, 1.165) is 23.6 Å². The monoisotopic (exact) mass is 452 g/mol. The summed E-state index contributed by atoms with van der Waals surface area (Å²) in [6, 6.07) is 8.40. The highest BCUT2D eigenvalue weighted by Crippen LogP contribution is 2.37. The summed E-state index contributed by atoms with van der Waals surface area (Å²) >= 11 is 11.9. The Hall–Kier alpha value is -2.09. The Bertz CT molecular complexity index is 1110. The molecule has 0 bridgehead atoms. The lowest BCUT2D eigenvalue weighted by molar-refractivity contribution is 0.0809. The van der Waals surface area contributed by atoms with Gasteiger partial charge in [-0.15, -0.1) is 0 Å². The molecule has 1 fully saturated rings. The molecule has 29 heavy (non-hydrogen) atoms. The first-order chi connectivity index (χ1) is 13.8. The number of benzene rings is 2. The van der Waals surface area contributed by atoms with Gasteiger partial charge in [0, 0.05) is 16.6 Å². The molecule has 2 aliphatic rings. The van der Waals surface area contributed by atoms with Crippen molar-refractivity contribution in [1.29, 1.82) is 0 Å². The predicted molar refractivity (Wildman–Crippen MR) is 111 cm³/mol. The molecule has 1 aliphatic heterocycles. The van der Waals surface area contributed by atoms with Gasteiger partial charge in [0.1, 0.15) is 4.90 Å². The second-order valence-electron chi connectivity index (χ2n) is 7.19. The molecule has 0 saturated heterocycles. The van der Waals surface area contributed by atoms with Gasteiger partial charge in [0.05, 0.1) is 16.3 Å². The molecule has 1 saturated carbocycles. The van der Waals surface area contributed by atoms with E-state index in [0.29, 0.717) is 23.6 Å². The van der Waals surface area contributed by atoms with E-state index >= 15 is 0 Å². The van der Waals surface area contributed by atoms with Gasteiger partial charge in [-0.3, -0.25) is 9.59 Å². The predicted octanol–water partition coefficient (Wildman–Crippen LogP) is 4.72. The van der Waals surface area contributed by atoms with Crippen molar-refractivity contribution < 1.29 is 18.0 Å². The molecule has 2 aromatic carbocycles.